The molecule has 0 saturated heterocycles. The molecular formula is C26H21Cl2N5O3S. The number of rotatable bonds is 5. The van der Waals surface area contributed by atoms with E-state index in [9.17, 15) is 18.8 Å². The van der Waals surface area contributed by atoms with E-state index in [-0.39, 0.29) is 23.3 Å². The van der Waals surface area contributed by atoms with Gasteiger partial charge in [-0.3, -0.25) is 9.36 Å². The highest BCUT2D eigenvalue weighted by Crippen LogP contribution is 2.41. The minimum Gasteiger partial charge on any atom is -0.301 e. The van der Waals surface area contributed by atoms with Gasteiger partial charge in [0, 0.05) is 28.2 Å². The molecular weight excluding hydrogens is 533 g/mol. The van der Waals surface area contributed by atoms with Gasteiger partial charge in [0.15, 0.2) is 5.03 Å². The zero-order valence-electron chi connectivity index (χ0n) is 19.8. The van der Waals surface area contributed by atoms with E-state index in [1.165, 1.54) is 15.7 Å². The first kappa shape index (κ1) is 26.5. The molecule has 1 aliphatic rings. The molecule has 1 aliphatic heterocycles. The molecule has 4 aromatic rings. The van der Waals surface area contributed by atoms with Crippen molar-refractivity contribution in [2.24, 2.45) is 0 Å². The van der Waals surface area contributed by atoms with Crippen LogP contribution in [0.15, 0.2) is 72.0 Å². The number of imidazole rings is 1. The standard InChI is InChI=1S/C24H15Cl2N5O3S.C2H6/c25-16-9-17(26)11-18(10-16)30-23(32)21(31-22(35(33)34)13-29-24(30)31)8-14-3-5-15(6-4-14)19-2-1-7-28-20(19)12-27;1-2/h1-7,9-11,13,21H,8H2,(H,33,34);1-2H3. The van der Waals surface area contributed by atoms with Crippen LogP contribution in [0.5, 0.6) is 0 Å². The van der Waals surface area contributed by atoms with Gasteiger partial charge in [0.05, 0.1) is 11.9 Å². The lowest BCUT2D eigenvalue weighted by Crippen LogP contribution is -2.26. The third-order valence-corrected chi connectivity index (χ3v) is 6.75. The fourth-order valence-electron chi connectivity index (χ4n) is 4.14. The number of pyridine rings is 1. The molecule has 188 valence electrons. The maximum Gasteiger partial charge on any atom is 0.257 e. The largest absolute Gasteiger partial charge is 0.301 e. The first-order valence-corrected chi connectivity index (χ1v) is 13.2. The fourth-order valence-corrected chi connectivity index (χ4v) is 5.18. The summed E-state index contributed by atoms with van der Waals surface area (Å²) in [4.78, 5) is 23.2. The third-order valence-electron chi connectivity index (χ3n) is 5.65. The molecule has 0 spiro atoms. The Morgan fingerprint density at radius 2 is 1.76 bits per heavy atom. The van der Waals surface area contributed by atoms with Gasteiger partial charge in [0.2, 0.25) is 17.0 Å². The summed E-state index contributed by atoms with van der Waals surface area (Å²) in [7, 11) is 0. The second kappa shape index (κ2) is 11.2. The zero-order valence-corrected chi connectivity index (χ0v) is 22.1. The minimum absolute atomic E-state index is 0.0135. The second-order valence-corrected chi connectivity index (χ2v) is 9.53. The number of anilines is 2. The van der Waals surface area contributed by atoms with E-state index in [0.29, 0.717) is 27.0 Å². The lowest BCUT2D eigenvalue weighted by molar-refractivity contribution is -0.119. The van der Waals surface area contributed by atoms with Gasteiger partial charge < -0.3 is 4.55 Å². The van der Waals surface area contributed by atoms with Gasteiger partial charge in [-0.1, -0.05) is 61.3 Å². The SMILES string of the molecule is CC.N#Cc1ncccc1-c1ccc(CC2C(=O)N(c3cc(Cl)cc(Cl)c3)c3ncc(S(=O)O)n32)cc1. The molecule has 1 N–H and O–H groups in total. The van der Waals surface area contributed by atoms with Crippen LogP contribution in [-0.4, -0.2) is 29.2 Å². The Labute approximate surface area is 226 Å². The summed E-state index contributed by atoms with van der Waals surface area (Å²) in [5.74, 6) is -0.123. The van der Waals surface area contributed by atoms with E-state index in [1.54, 1.807) is 30.5 Å². The van der Waals surface area contributed by atoms with E-state index in [1.807, 2.05) is 44.2 Å². The topological polar surface area (TPSA) is 112 Å². The number of aromatic nitrogens is 3. The first-order valence-electron chi connectivity index (χ1n) is 11.3. The number of nitrogens with zero attached hydrogens (tertiary/aromatic N) is 5. The molecule has 2 atom stereocenters. The average molecular weight is 554 g/mol. The van der Waals surface area contributed by atoms with Gasteiger partial charge in [-0.15, -0.1) is 0 Å². The highest BCUT2D eigenvalue weighted by Gasteiger charge is 2.42. The van der Waals surface area contributed by atoms with E-state index in [2.05, 4.69) is 16.0 Å². The van der Waals surface area contributed by atoms with Crippen molar-refractivity contribution in [3.8, 4) is 17.2 Å². The molecule has 2 aromatic heterocycles. The molecule has 1 amide bonds. The van der Waals surface area contributed by atoms with E-state index in [4.69, 9.17) is 23.2 Å². The predicted molar refractivity (Wildman–Crippen MR) is 143 cm³/mol. The van der Waals surface area contributed by atoms with Crippen molar-refractivity contribution in [1.29, 1.82) is 5.26 Å². The molecule has 37 heavy (non-hydrogen) atoms. The molecule has 2 aromatic carbocycles. The molecule has 0 fully saturated rings. The van der Waals surface area contributed by atoms with Gasteiger partial charge in [-0.2, -0.15) is 5.26 Å². The number of hydrogen-bond donors (Lipinski definition) is 1. The zero-order chi connectivity index (χ0) is 26.7. The van der Waals surface area contributed by atoms with E-state index >= 15 is 0 Å². The maximum absolute atomic E-state index is 13.6. The first-order chi connectivity index (χ1) is 17.9. The van der Waals surface area contributed by atoms with Crippen molar-refractivity contribution in [2.45, 2.75) is 31.3 Å². The summed E-state index contributed by atoms with van der Waals surface area (Å²) in [5.41, 5.74) is 3.06. The summed E-state index contributed by atoms with van der Waals surface area (Å²) in [6, 6.07) is 17.0. The number of fused-ring (bicyclic) bond motifs is 1. The molecule has 0 aliphatic carbocycles. The van der Waals surface area contributed by atoms with Gasteiger partial charge >= 0.3 is 0 Å². The fraction of sp³-hybridized carbons (Fsp3) is 0.154. The Morgan fingerprint density at radius 3 is 2.38 bits per heavy atom. The molecule has 2 unspecified atom stereocenters. The Morgan fingerprint density at radius 1 is 1.08 bits per heavy atom. The summed E-state index contributed by atoms with van der Waals surface area (Å²) >= 11 is 9.94. The molecule has 3 heterocycles. The Balaban J connectivity index is 0.00000156. The van der Waals surface area contributed by atoms with Gasteiger partial charge in [-0.25, -0.2) is 19.1 Å². The lowest BCUT2D eigenvalue weighted by Gasteiger charge is -2.17. The lowest BCUT2D eigenvalue weighted by atomic mass is 9.99. The van der Waals surface area contributed by atoms with Gasteiger partial charge in [0.1, 0.15) is 17.8 Å². The van der Waals surface area contributed by atoms with Gasteiger partial charge in [-0.05, 0) is 41.5 Å². The van der Waals surface area contributed by atoms with Crippen LogP contribution in [0, 0.1) is 11.3 Å². The Bertz CT molecular complexity index is 1510. The normalized spacial score (nSPS) is 15.0. The molecule has 11 heteroatoms. The quantitative estimate of drug-likeness (QED) is 0.295. The summed E-state index contributed by atoms with van der Waals surface area (Å²) < 4.78 is 23.3. The Kier molecular flexibility index (Phi) is 8.05. The van der Waals surface area contributed by atoms with Crippen molar-refractivity contribution < 1.29 is 13.6 Å². The average Bonchev–Trinajstić information content (AvgIpc) is 3.43. The maximum atomic E-state index is 13.6. The highest BCUT2D eigenvalue weighted by molar-refractivity contribution is 7.79. The summed E-state index contributed by atoms with van der Waals surface area (Å²) in [6.07, 6.45) is 3.08. The van der Waals surface area contributed by atoms with Crippen molar-refractivity contribution in [1.82, 2.24) is 14.5 Å². The number of nitriles is 1. The molecule has 8 nitrogen and oxygen atoms in total. The monoisotopic (exact) mass is 553 g/mol. The number of benzene rings is 2. The minimum atomic E-state index is -2.35. The molecule has 0 radical (unpaired) electrons. The van der Waals surface area contributed by atoms with Crippen LogP contribution in [0.3, 0.4) is 0 Å². The number of halogens is 2. The van der Waals surface area contributed by atoms with E-state index in [0.717, 1.165) is 11.1 Å². The smallest absolute Gasteiger partial charge is 0.257 e. The van der Waals surface area contributed by atoms with Crippen LogP contribution < -0.4 is 4.90 Å². The molecule has 0 bridgehead atoms. The summed E-state index contributed by atoms with van der Waals surface area (Å²) in [6.45, 7) is 4.00. The number of carbonyl (C=O) groups excluding carboxylic acids is 1. The summed E-state index contributed by atoms with van der Waals surface area (Å²) in [5, 5.41) is 10.0. The third kappa shape index (κ3) is 5.15. The highest BCUT2D eigenvalue weighted by atomic mass is 35.5. The number of hydrogen-bond acceptors (Lipinski definition) is 5. The Hall–Kier alpha value is -3.55. The van der Waals surface area contributed by atoms with Crippen LogP contribution in [0.25, 0.3) is 11.1 Å². The van der Waals surface area contributed by atoms with Crippen molar-refractivity contribution in [3.63, 3.8) is 0 Å². The van der Waals surface area contributed by atoms with Crippen molar-refractivity contribution in [3.05, 3.63) is 88.3 Å². The van der Waals surface area contributed by atoms with Crippen LogP contribution in [0.1, 0.15) is 31.1 Å². The number of amides is 1. The van der Waals surface area contributed by atoms with Crippen LogP contribution in [-0.2, 0) is 22.3 Å². The number of carbonyl (C=O) groups is 1. The van der Waals surface area contributed by atoms with Crippen LogP contribution in [0.2, 0.25) is 10.0 Å². The van der Waals surface area contributed by atoms with E-state index < -0.39 is 17.1 Å². The van der Waals surface area contributed by atoms with Gasteiger partial charge in [0.25, 0.3) is 5.91 Å². The van der Waals surface area contributed by atoms with Crippen LogP contribution in [0.4, 0.5) is 11.6 Å². The van der Waals surface area contributed by atoms with Crippen molar-refractivity contribution in [2.75, 3.05) is 4.90 Å². The predicted octanol–water partition coefficient (Wildman–Crippen LogP) is 6.19. The van der Waals surface area contributed by atoms with Crippen LogP contribution >= 0.6 is 23.2 Å². The molecule has 0 saturated carbocycles. The second-order valence-electron chi connectivity index (χ2n) is 7.75. The molecule has 5 rings (SSSR count). The van der Waals surface area contributed by atoms with Crippen molar-refractivity contribution >= 4 is 51.8 Å².